The van der Waals surface area contributed by atoms with E-state index in [1.54, 1.807) is 12.3 Å². The van der Waals surface area contributed by atoms with Crippen LogP contribution in [0.4, 0.5) is 5.82 Å². The van der Waals surface area contributed by atoms with Crippen molar-refractivity contribution in [1.29, 1.82) is 0 Å². The molecule has 0 bridgehead atoms. The van der Waals surface area contributed by atoms with Crippen LogP contribution >= 0.6 is 0 Å². The number of anilines is 1. The van der Waals surface area contributed by atoms with Gasteiger partial charge in [-0.1, -0.05) is 12.1 Å². The molecule has 1 aromatic carbocycles. The molecule has 2 fully saturated rings. The maximum Gasteiger partial charge on any atom is 0.354 e. The quantitative estimate of drug-likeness (QED) is 0.844. The van der Waals surface area contributed by atoms with E-state index in [0.717, 1.165) is 36.4 Å². The maximum atomic E-state index is 11.9. The highest BCUT2D eigenvalue weighted by molar-refractivity contribution is 5.36. The zero-order chi connectivity index (χ0) is 17.6. The van der Waals surface area contributed by atoms with E-state index >= 15 is 0 Å². The number of nitrogens with two attached hydrogens (primary N) is 2. The molecule has 2 heterocycles. The van der Waals surface area contributed by atoms with Crippen molar-refractivity contribution in [1.82, 2.24) is 14.5 Å². The van der Waals surface area contributed by atoms with Crippen molar-refractivity contribution >= 4 is 5.82 Å². The van der Waals surface area contributed by atoms with Gasteiger partial charge in [0.1, 0.15) is 5.82 Å². The Morgan fingerprint density at radius 2 is 1.88 bits per heavy atom. The van der Waals surface area contributed by atoms with Crippen LogP contribution < -0.4 is 17.2 Å². The van der Waals surface area contributed by atoms with Gasteiger partial charge in [-0.15, -0.1) is 0 Å². The molecule has 132 valence electrons. The summed E-state index contributed by atoms with van der Waals surface area (Å²) in [7, 11) is 0. The average Bonchev–Trinajstić information content (AvgIpc) is 3.06. The molecule has 4 rings (SSSR count). The predicted molar refractivity (Wildman–Crippen MR) is 98.5 cm³/mol. The summed E-state index contributed by atoms with van der Waals surface area (Å²) < 4.78 is 1.50. The van der Waals surface area contributed by atoms with E-state index in [9.17, 15) is 4.79 Å². The Hall–Kier alpha value is -2.18. The number of hydrogen-bond donors (Lipinski definition) is 2. The lowest BCUT2D eigenvalue weighted by Crippen LogP contribution is -2.35. The fourth-order valence-electron chi connectivity index (χ4n) is 4.27. The smallest absolute Gasteiger partial charge is 0.354 e. The van der Waals surface area contributed by atoms with Crippen molar-refractivity contribution in [3.05, 3.63) is 52.6 Å². The van der Waals surface area contributed by atoms with Gasteiger partial charge in [0.15, 0.2) is 0 Å². The largest absolute Gasteiger partial charge is 0.383 e. The monoisotopic (exact) mass is 339 g/mol. The van der Waals surface area contributed by atoms with Gasteiger partial charge in [-0.3, -0.25) is 9.47 Å². The lowest BCUT2D eigenvalue weighted by Gasteiger charge is -2.27. The summed E-state index contributed by atoms with van der Waals surface area (Å²) in [6.45, 7) is 5.53. The van der Waals surface area contributed by atoms with Gasteiger partial charge >= 0.3 is 5.69 Å². The summed E-state index contributed by atoms with van der Waals surface area (Å²) in [5.74, 6) is 2.68. The molecule has 1 aliphatic carbocycles. The van der Waals surface area contributed by atoms with Crippen LogP contribution in [-0.2, 0) is 6.42 Å². The normalized spacial score (nSPS) is 26.4. The molecule has 2 aromatic rings. The number of likely N-dealkylation sites (tertiary alicyclic amines) is 1. The molecule has 6 nitrogen and oxygen atoms in total. The SMILES string of the molecule is C[C@@H](Cc1ccc(-n2ccc(N)nc2=O)cc1)N1C[C@@H]2C(CN)[C@@H]2C1. The molecule has 6 heteroatoms. The second kappa shape index (κ2) is 6.28. The van der Waals surface area contributed by atoms with Crippen molar-refractivity contribution in [2.75, 3.05) is 25.4 Å². The summed E-state index contributed by atoms with van der Waals surface area (Å²) in [5.41, 5.74) is 13.1. The van der Waals surface area contributed by atoms with E-state index in [1.807, 2.05) is 12.1 Å². The van der Waals surface area contributed by atoms with Crippen molar-refractivity contribution in [3.8, 4) is 5.69 Å². The van der Waals surface area contributed by atoms with E-state index in [4.69, 9.17) is 11.5 Å². The minimum atomic E-state index is -0.355. The van der Waals surface area contributed by atoms with E-state index in [1.165, 1.54) is 23.2 Å². The number of nitrogen functional groups attached to an aromatic ring is 1. The third-order valence-corrected chi connectivity index (χ3v) is 5.87. The summed E-state index contributed by atoms with van der Waals surface area (Å²) in [5, 5.41) is 0. The zero-order valence-corrected chi connectivity index (χ0v) is 14.5. The Morgan fingerprint density at radius 1 is 1.20 bits per heavy atom. The minimum Gasteiger partial charge on any atom is -0.383 e. The van der Waals surface area contributed by atoms with Gasteiger partial charge in [0, 0.05) is 25.3 Å². The lowest BCUT2D eigenvalue weighted by atomic mass is 10.0. The van der Waals surface area contributed by atoms with Crippen LogP contribution in [0.5, 0.6) is 0 Å². The Bertz CT molecular complexity index is 803. The first kappa shape index (κ1) is 16.3. The number of nitrogens with zero attached hydrogens (tertiary/aromatic N) is 3. The topological polar surface area (TPSA) is 90.2 Å². The number of benzene rings is 1. The number of fused-ring (bicyclic) bond motifs is 1. The van der Waals surface area contributed by atoms with Crippen molar-refractivity contribution in [2.45, 2.75) is 19.4 Å². The third-order valence-electron chi connectivity index (χ3n) is 5.87. The van der Waals surface area contributed by atoms with Crippen molar-refractivity contribution in [3.63, 3.8) is 0 Å². The molecule has 1 saturated heterocycles. The number of piperidine rings is 1. The molecule has 0 radical (unpaired) electrons. The van der Waals surface area contributed by atoms with Crippen LogP contribution in [0.25, 0.3) is 5.69 Å². The minimum absolute atomic E-state index is 0.243. The van der Waals surface area contributed by atoms with Crippen LogP contribution in [0.2, 0.25) is 0 Å². The summed E-state index contributed by atoms with van der Waals surface area (Å²) in [6, 6.07) is 10.3. The molecule has 25 heavy (non-hydrogen) atoms. The Labute approximate surface area is 147 Å². The Balaban J connectivity index is 1.40. The molecule has 1 saturated carbocycles. The first-order valence-corrected chi connectivity index (χ1v) is 8.95. The van der Waals surface area contributed by atoms with Gasteiger partial charge in [0.2, 0.25) is 0 Å². The highest BCUT2D eigenvalue weighted by Crippen LogP contribution is 2.51. The first-order valence-electron chi connectivity index (χ1n) is 8.95. The van der Waals surface area contributed by atoms with Crippen LogP contribution in [0.1, 0.15) is 12.5 Å². The van der Waals surface area contributed by atoms with Gasteiger partial charge < -0.3 is 11.5 Å². The van der Waals surface area contributed by atoms with Crippen molar-refractivity contribution < 1.29 is 0 Å². The van der Waals surface area contributed by atoms with Gasteiger partial charge in [-0.25, -0.2) is 4.79 Å². The number of aromatic nitrogens is 2. The van der Waals surface area contributed by atoms with Crippen molar-refractivity contribution in [2.24, 2.45) is 23.5 Å². The molecule has 1 unspecified atom stereocenters. The molecule has 2 aliphatic rings. The predicted octanol–water partition coefficient (Wildman–Crippen LogP) is 0.882. The summed E-state index contributed by atoms with van der Waals surface area (Å²) >= 11 is 0. The second-order valence-electron chi connectivity index (χ2n) is 7.41. The Kier molecular flexibility index (Phi) is 4.09. The third kappa shape index (κ3) is 3.07. The summed E-state index contributed by atoms with van der Waals surface area (Å²) in [6.07, 6.45) is 2.68. The maximum absolute atomic E-state index is 11.9. The average molecular weight is 339 g/mol. The van der Waals surface area contributed by atoms with Gasteiger partial charge in [-0.2, -0.15) is 4.98 Å². The van der Waals surface area contributed by atoms with Crippen LogP contribution in [0, 0.1) is 17.8 Å². The van der Waals surface area contributed by atoms with E-state index in [2.05, 4.69) is 28.9 Å². The lowest BCUT2D eigenvalue weighted by molar-refractivity contribution is 0.220. The molecule has 4 atom stereocenters. The van der Waals surface area contributed by atoms with E-state index in [-0.39, 0.29) is 11.5 Å². The standard InChI is InChI=1S/C19H25N5O/c1-12(23-10-16-15(9-20)17(16)11-23)8-13-2-4-14(5-3-13)24-7-6-18(21)22-19(24)25/h2-7,12,15-17H,8-11,20H2,1H3,(H2,21,22,25)/t12-,15?,16-,17+/m0/s1. The molecular formula is C19H25N5O. The van der Waals surface area contributed by atoms with Gasteiger partial charge in [0.05, 0.1) is 5.69 Å². The molecule has 0 spiro atoms. The molecule has 0 amide bonds. The summed E-state index contributed by atoms with van der Waals surface area (Å²) in [4.78, 5) is 18.3. The zero-order valence-electron chi connectivity index (χ0n) is 14.5. The highest BCUT2D eigenvalue weighted by atomic mass is 16.1. The van der Waals surface area contributed by atoms with Gasteiger partial charge in [-0.05, 0) is 61.4 Å². The van der Waals surface area contributed by atoms with Gasteiger partial charge in [0.25, 0.3) is 0 Å². The van der Waals surface area contributed by atoms with E-state index in [0.29, 0.717) is 6.04 Å². The second-order valence-corrected chi connectivity index (χ2v) is 7.41. The Morgan fingerprint density at radius 3 is 2.48 bits per heavy atom. The van der Waals surface area contributed by atoms with E-state index < -0.39 is 0 Å². The number of rotatable bonds is 5. The fraction of sp³-hybridized carbons (Fsp3) is 0.474. The molecule has 1 aromatic heterocycles. The molecular weight excluding hydrogens is 314 g/mol. The number of hydrogen-bond acceptors (Lipinski definition) is 5. The van der Waals surface area contributed by atoms with Crippen LogP contribution in [0.3, 0.4) is 0 Å². The van der Waals surface area contributed by atoms with Crippen LogP contribution in [-0.4, -0.2) is 40.1 Å². The molecule has 4 N–H and O–H groups in total. The van der Waals surface area contributed by atoms with Crippen LogP contribution in [0.15, 0.2) is 41.3 Å². The fourth-order valence-corrected chi connectivity index (χ4v) is 4.27. The molecule has 1 aliphatic heterocycles. The highest BCUT2D eigenvalue weighted by Gasteiger charge is 2.54. The first-order chi connectivity index (χ1) is 12.1.